The first kappa shape index (κ1) is 12.5. The molecule has 1 aliphatic rings. The number of rotatable bonds is 4. The zero-order valence-corrected chi connectivity index (χ0v) is 9.79. The predicted octanol–water partition coefficient (Wildman–Crippen LogP) is 1.08. The van der Waals surface area contributed by atoms with Gasteiger partial charge < -0.3 is 15.2 Å². The Balaban J connectivity index is 2.32. The van der Waals surface area contributed by atoms with Crippen LogP contribution in [0, 0.1) is 5.41 Å². The van der Waals surface area contributed by atoms with Crippen molar-refractivity contribution >= 4 is 5.97 Å². The third-order valence-electron chi connectivity index (χ3n) is 2.84. The highest BCUT2D eigenvalue weighted by atomic mass is 16.5. The van der Waals surface area contributed by atoms with E-state index in [2.05, 4.69) is 0 Å². The predicted molar refractivity (Wildman–Crippen MR) is 57.4 cm³/mol. The lowest BCUT2D eigenvalue weighted by atomic mass is 9.95. The van der Waals surface area contributed by atoms with Crippen molar-refractivity contribution in [2.24, 2.45) is 11.1 Å². The van der Waals surface area contributed by atoms with Gasteiger partial charge in [-0.1, -0.05) is 0 Å². The molecule has 88 valence electrons. The average molecular weight is 215 g/mol. The van der Waals surface area contributed by atoms with E-state index in [-0.39, 0.29) is 18.1 Å². The van der Waals surface area contributed by atoms with Crippen molar-refractivity contribution < 1.29 is 14.3 Å². The molecule has 1 saturated carbocycles. The van der Waals surface area contributed by atoms with Gasteiger partial charge in [-0.2, -0.15) is 0 Å². The SMILES string of the molecule is COC(=O)C(C)(C)COC1CCC(N)C1. The molecule has 0 heterocycles. The Labute approximate surface area is 91.1 Å². The van der Waals surface area contributed by atoms with Crippen molar-refractivity contribution in [3.05, 3.63) is 0 Å². The van der Waals surface area contributed by atoms with Crippen LogP contribution in [-0.2, 0) is 14.3 Å². The van der Waals surface area contributed by atoms with E-state index >= 15 is 0 Å². The van der Waals surface area contributed by atoms with E-state index in [1.165, 1.54) is 7.11 Å². The van der Waals surface area contributed by atoms with Crippen LogP contribution in [0.25, 0.3) is 0 Å². The summed E-state index contributed by atoms with van der Waals surface area (Å²) in [6, 6.07) is 0.260. The summed E-state index contributed by atoms with van der Waals surface area (Å²) in [7, 11) is 1.40. The zero-order valence-electron chi connectivity index (χ0n) is 9.79. The van der Waals surface area contributed by atoms with Crippen LogP contribution in [0.4, 0.5) is 0 Å². The number of hydrogen-bond donors (Lipinski definition) is 1. The van der Waals surface area contributed by atoms with Gasteiger partial charge in [0.05, 0.1) is 25.2 Å². The Bertz CT molecular complexity index is 228. The summed E-state index contributed by atoms with van der Waals surface area (Å²) in [5.74, 6) is -0.232. The molecule has 0 aromatic rings. The minimum absolute atomic E-state index is 0.212. The molecule has 1 aliphatic carbocycles. The Kier molecular flexibility index (Phi) is 4.11. The molecule has 0 spiro atoms. The maximum Gasteiger partial charge on any atom is 0.313 e. The first-order valence-corrected chi connectivity index (χ1v) is 5.41. The summed E-state index contributed by atoms with van der Waals surface area (Å²) in [4.78, 5) is 11.4. The molecule has 2 unspecified atom stereocenters. The van der Waals surface area contributed by atoms with Gasteiger partial charge >= 0.3 is 5.97 Å². The van der Waals surface area contributed by atoms with E-state index in [0.717, 1.165) is 19.3 Å². The summed E-state index contributed by atoms with van der Waals surface area (Å²) in [6.45, 7) is 4.05. The lowest BCUT2D eigenvalue weighted by molar-refractivity contribution is -0.155. The van der Waals surface area contributed by atoms with Crippen molar-refractivity contribution in [1.29, 1.82) is 0 Å². The molecule has 15 heavy (non-hydrogen) atoms. The van der Waals surface area contributed by atoms with E-state index in [4.69, 9.17) is 15.2 Å². The molecule has 4 nitrogen and oxygen atoms in total. The molecule has 1 fully saturated rings. The largest absolute Gasteiger partial charge is 0.469 e. The molecule has 1 rings (SSSR count). The number of carbonyl (C=O) groups is 1. The van der Waals surface area contributed by atoms with Gasteiger partial charge in [0.2, 0.25) is 0 Å². The molecular weight excluding hydrogens is 194 g/mol. The standard InChI is InChI=1S/C11H21NO3/c1-11(2,10(13)14-3)7-15-9-5-4-8(12)6-9/h8-9H,4-7,12H2,1-3H3. The van der Waals surface area contributed by atoms with E-state index in [0.29, 0.717) is 6.61 Å². The molecule has 0 aliphatic heterocycles. The average Bonchev–Trinajstić information content (AvgIpc) is 2.60. The molecule has 0 bridgehead atoms. The molecular formula is C11H21NO3. The first-order valence-electron chi connectivity index (χ1n) is 5.41. The second kappa shape index (κ2) is 4.94. The second-order valence-electron chi connectivity index (χ2n) is 4.88. The minimum Gasteiger partial charge on any atom is -0.469 e. The lowest BCUT2D eigenvalue weighted by Gasteiger charge is -2.23. The Morgan fingerprint density at radius 1 is 1.47 bits per heavy atom. The van der Waals surface area contributed by atoms with Crippen LogP contribution < -0.4 is 5.73 Å². The van der Waals surface area contributed by atoms with Crippen LogP contribution in [0.5, 0.6) is 0 Å². The summed E-state index contributed by atoms with van der Waals surface area (Å²) in [6.07, 6.45) is 3.13. The Hall–Kier alpha value is -0.610. The first-order chi connectivity index (χ1) is 6.95. The number of esters is 1. The molecule has 0 amide bonds. The number of nitrogens with two attached hydrogens (primary N) is 1. The van der Waals surface area contributed by atoms with Gasteiger partial charge in [0.15, 0.2) is 0 Å². The van der Waals surface area contributed by atoms with E-state index < -0.39 is 5.41 Å². The van der Waals surface area contributed by atoms with Crippen LogP contribution in [0.15, 0.2) is 0 Å². The summed E-state index contributed by atoms with van der Waals surface area (Å²) in [5.41, 5.74) is 5.21. The van der Waals surface area contributed by atoms with Crippen molar-refractivity contribution in [2.45, 2.75) is 45.3 Å². The van der Waals surface area contributed by atoms with Gasteiger partial charge in [0.1, 0.15) is 0 Å². The van der Waals surface area contributed by atoms with Crippen LogP contribution in [0.2, 0.25) is 0 Å². The van der Waals surface area contributed by atoms with Crippen molar-refractivity contribution in [3.63, 3.8) is 0 Å². The fraction of sp³-hybridized carbons (Fsp3) is 0.909. The highest BCUT2D eigenvalue weighted by Crippen LogP contribution is 2.24. The molecule has 0 radical (unpaired) electrons. The Morgan fingerprint density at radius 2 is 2.13 bits per heavy atom. The second-order valence-corrected chi connectivity index (χ2v) is 4.88. The van der Waals surface area contributed by atoms with Gasteiger partial charge in [0, 0.05) is 6.04 Å². The zero-order chi connectivity index (χ0) is 11.5. The quantitative estimate of drug-likeness (QED) is 0.713. The van der Waals surface area contributed by atoms with Crippen LogP contribution in [0.3, 0.4) is 0 Å². The summed E-state index contributed by atoms with van der Waals surface area (Å²) in [5, 5.41) is 0. The number of ether oxygens (including phenoxy) is 2. The van der Waals surface area contributed by atoms with Crippen LogP contribution in [-0.4, -0.2) is 31.8 Å². The molecule has 4 heteroatoms. The highest BCUT2D eigenvalue weighted by molar-refractivity contribution is 5.75. The lowest BCUT2D eigenvalue weighted by Crippen LogP contribution is -2.32. The van der Waals surface area contributed by atoms with E-state index in [1.807, 2.05) is 13.8 Å². The monoisotopic (exact) mass is 215 g/mol. The third-order valence-corrected chi connectivity index (χ3v) is 2.84. The van der Waals surface area contributed by atoms with Crippen molar-refractivity contribution in [2.75, 3.05) is 13.7 Å². The fourth-order valence-corrected chi connectivity index (χ4v) is 1.79. The van der Waals surface area contributed by atoms with Gasteiger partial charge in [-0.25, -0.2) is 0 Å². The van der Waals surface area contributed by atoms with Gasteiger partial charge in [-0.15, -0.1) is 0 Å². The topological polar surface area (TPSA) is 61.5 Å². The number of hydrogen-bond acceptors (Lipinski definition) is 4. The highest BCUT2D eigenvalue weighted by Gasteiger charge is 2.31. The molecule has 0 saturated heterocycles. The van der Waals surface area contributed by atoms with E-state index in [1.54, 1.807) is 0 Å². The normalized spacial score (nSPS) is 26.7. The minimum atomic E-state index is -0.568. The molecule has 0 aromatic carbocycles. The maximum atomic E-state index is 11.4. The van der Waals surface area contributed by atoms with Crippen molar-refractivity contribution in [1.82, 2.24) is 0 Å². The van der Waals surface area contributed by atoms with Crippen molar-refractivity contribution in [3.8, 4) is 0 Å². The maximum absolute atomic E-state index is 11.4. The smallest absolute Gasteiger partial charge is 0.313 e. The Morgan fingerprint density at radius 3 is 2.60 bits per heavy atom. The van der Waals surface area contributed by atoms with E-state index in [9.17, 15) is 4.79 Å². The molecule has 2 atom stereocenters. The summed E-state index contributed by atoms with van der Waals surface area (Å²) < 4.78 is 10.4. The van der Waals surface area contributed by atoms with Gasteiger partial charge in [-0.05, 0) is 33.1 Å². The molecule has 0 aromatic heterocycles. The van der Waals surface area contributed by atoms with Crippen LogP contribution in [0.1, 0.15) is 33.1 Å². The van der Waals surface area contributed by atoms with Gasteiger partial charge in [-0.3, -0.25) is 4.79 Å². The number of carbonyl (C=O) groups excluding carboxylic acids is 1. The number of methoxy groups -OCH3 is 1. The third kappa shape index (κ3) is 3.47. The molecule has 2 N–H and O–H groups in total. The summed E-state index contributed by atoms with van der Waals surface area (Å²) >= 11 is 0. The fourth-order valence-electron chi connectivity index (χ4n) is 1.79. The van der Waals surface area contributed by atoms with Gasteiger partial charge in [0.25, 0.3) is 0 Å². The van der Waals surface area contributed by atoms with Crippen LogP contribution >= 0.6 is 0 Å².